The van der Waals surface area contributed by atoms with Crippen molar-refractivity contribution in [1.82, 2.24) is 4.90 Å². The number of hydrogen-bond acceptors (Lipinski definition) is 3. The highest BCUT2D eigenvalue weighted by molar-refractivity contribution is 14.1. The summed E-state index contributed by atoms with van der Waals surface area (Å²) in [6.45, 7) is 4.12. The molecule has 0 aromatic heterocycles. The third-order valence-electron chi connectivity index (χ3n) is 6.02. The van der Waals surface area contributed by atoms with Crippen molar-refractivity contribution in [2.75, 3.05) is 0 Å². The van der Waals surface area contributed by atoms with E-state index in [1.165, 1.54) is 11.1 Å². The molecule has 0 aliphatic carbocycles. The zero-order valence-corrected chi connectivity index (χ0v) is 21.5. The lowest BCUT2D eigenvalue weighted by molar-refractivity contribution is 0.0482. The molecule has 2 atom stereocenters. The first-order chi connectivity index (χ1) is 16.6. The first-order valence-corrected chi connectivity index (χ1v) is 12.6. The highest BCUT2D eigenvalue weighted by Crippen LogP contribution is 2.30. The van der Waals surface area contributed by atoms with Gasteiger partial charge in [0, 0.05) is 19.1 Å². The number of nitrogens with zero attached hydrogens (tertiary/aromatic N) is 1. The molecule has 0 saturated heterocycles. The molecule has 34 heavy (non-hydrogen) atoms. The predicted octanol–water partition coefficient (Wildman–Crippen LogP) is 6.99. The Balaban J connectivity index is 1.53. The molecule has 4 heteroatoms. The van der Waals surface area contributed by atoms with E-state index in [9.17, 15) is 5.11 Å². The quantitative estimate of drug-likeness (QED) is 0.211. The van der Waals surface area contributed by atoms with Crippen molar-refractivity contribution in [2.24, 2.45) is 0 Å². The summed E-state index contributed by atoms with van der Waals surface area (Å²) in [5, 5.41) is 11.4. The Kier molecular flexibility index (Phi) is 8.74. The lowest BCUT2D eigenvalue weighted by Crippen LogP contribution is -2.36. The van der Waals surface area contributed by atoms with Crippen LogP contribution in [0.15, 0.2) is 109 Å². The zero-order chi connectivity index (χ0) is 23.8. The SMILES string of the molecule is C[C@@H]([C@H](O)c1ccc(I)c(OCc2ccccc2)c1)N(Cc1ccccc1)Cc1ccccc1. The summed E-state index contributed by atoms with van der Waals surface area (Å²) in [4.78, 5) is 2.33. The Morgan fingerprint density at radius 3 is 1.76 bits per heavy atom. The van der Waals surface area contributed by atoms with Crippen LogP contribution in [0, 0.1) is 3.57 Å². The fourth-order valence-corrected chi connectivity index (χ4v) is 4.50. The van der Waals surface area contributed by atoms with Gasteiger partial charge in [0.1, 0.15) is 12.4 Å². The molecule has 0 bridgehead atoms. The van der Waals surface area contributed by atoms with E-state index in [-0.39, 0.29) is 6.04 Å². The molecule has 0 unspecified atom stereocenters. The zero-order valence-electron chi connectivity index (χ0n) is 19.3. The summed E-state index contributed by atoms with van der Waals surface area (Å²) >= 11 is 2.29. The summed E-state index contributed by atoms with van der Waals surface area (Å²) < 4.78 is 7.14. The van der Waals surface area contributed by atoms with E-state index in [2.05, 4.69) is 95.1 Å². The monoisotopic (exact) mass is 563 g/mol. The van der Waals surface area contributed by atoms with Crippen LogP contribution in [0.1, 0.15) is 35.3 Å². The molecule has 4 rings (SSSR count). The molecule has 0 amide bonds. The molecular weight excluding hydrogens is 533 g/mol. The third kappa shape index (κ3) is 6.69. The van der Waals surface area contributed by atoms with E-state index in [4.69, 9.17) is 4.74 Å². The van der Waals surface area contributed by atoms with Crippen LogP contribution >= 0.6 is 22.6 Å². The fraction of sp³-hybridized carbons (Fsp3) is 0.200. The van der Waals surface area contributed by atoms with Crippen LogP contribution in [0.25, 0.3) is 0 Å². The molecule has 0 aliphatic rings. The van der Waals surface area contributed by atoms with Crippen LogP contribution in [0.3, 0.4) is 0 Å². The molecule has 4 aromatic carbocycles. The van der Waals surface area contributed by atoms with Crippen molar-refractivity contribution in [2.45, 2.75) is 38.8 Å². The van der Waals surface area contributed by atoms with Gasteiger partial charge in [-0.25, -0.2) is 0 Å². The van der Waals surface area contributed by atoms with Gasteiger partial charge in [-0.15, -0.1) is 0 Å². The van der Waals surface area contributed by atoms with Gasteiger partial charge in [-0.05, 0) is 63.9 Å². The van der Waals surface area contributed by atoms with Crippen LogP contribution in [0.2, 0.25) is 0 Å². The molecule has 0 heterocycles. The van der Waals surface area contributed by atoms with Crippen LogP contribution in [0.4, 0.5) is 0 Å². The van der Waals surface area contributed by atoms with Gasteiger partial charge in [0.2, 0.25) is 0 Å². The first-order valence-electron chi connectivity index (χ1n) is 11.6. The standard InChI is InChI=1S/C30H30INO2/c1-23(32(20-24-11-5-2-6-12-24)21-25-13-7-3-8-14-25)30(33)27-17-18-28(31)29(19-27)34-22-26-15-9-4-10-16-26/h2-19,23,30,33H,20-22H2,1H3/t23-,30-/m0/s1. The minimum Gasteiger partial charge on any atom is -0.488 e. The number of halogens is 1. The van der Waals surface area contributed by atoms with Crippen molar-refractivity contribution in [3.05, 3.63) is 135 Å². The third-order valence-corrected chi connectivity index (χ3v) is 6.92. The highest BCUT2D eigenvalue weighted by Gasteiger charge is 2.24. The van der Waals surface area contributed by atoms with Gasteiger partial charge in [-0.1, -0.05) is 97.1 Å². The maximum Gasteiger partial charge on any atom is 0.133 e. The van der Waals surface area contributed by atoms with Gasteiger partial charge in [-0.3, -0.25) is 4.90 Å². The lowest BCUT2D eigenvalue weighted by atomic mass is 10.0. The molecule has 4 aromatic rings. The van der Waals surface area contributed by atoms with Crippen molar-refractivity contribution in [3.63, 3.8) is 0 Å². The molecule has 0 fully saturated rings. The van der Waals surface area contributed by atoms with Crippen molar-refractivity contribution < 1.29 is 9.84 Å². The van der Waals surface area contributed by atoms with Crippen LogP contribution in [-0.4, -0.2) is 16.0 Å². The predicted molar refractivity (Wildman–Crippen MR) is 146 cm³/mol. The highest BCUT2D eigenvalue weighted by atomic mass is 127. The van der Waals surface area contributed by atoms with Crippen LogP contribution in [0.5, 0.6) is 5.75 Å². The number of aliphatic hydroxyl groups is 1. The Bertz CT molecular complexity index is 1110. The number of aliphatic hydroxyl groups excluding tert-OH is 1. The molecule has 0 aliphatic heterocycles. The fourth-order valence-electron chi connectivity index (χ4n) is 4.01. The maximum absolute atomic E-state index is 11.4. The molecule has 0 saturated carbocycles. The lowest BCUT2D eigenvalue weighted by Gasteiger charge is -2.33. The Morgan fingerprint density at radius 1 is 0.735 bits per heavy atom. The van der Waals surface area contributed by atoms with Crippen LogP contribution < -0.4 is 4.74 Å². The number of benzene rings is 4. The topological polar surface area (TPSA) is 32.7 Å². The molecule has 3 nitrogen and oxygen atoms in total. The summed E-state index contributed by atoms with van der Waals surface area (Å²) in [5.41, 5.74) is 4.44. The Labute approximate surface area is 216 Å². The smallest absolute Gasteiger partial charge is 0.133 e. The maximum atomic E-state index is 11.4. The summed E-state index contributed by atoms with van der Waals surface area (Å²) in [6.07, 6.45) is -0.650. The van der Waals surface area contributed by atoms with Gasteiger partial charge in [0.15, 0.2) is 0 Å². The second-order valence-electron chi connectivity index (χ2n) is 8.53. The molecule has 1 N–H and O–H groups in total. The number of hydrogen-bond donors (Lipinski definition) is 1. The second-order valence-corrected chi connectivity index (χ2v) is 9.69. The van der Waals surface area contributed by atoms with Crippen molar-refractivity contribution in [1.29, 1.82) is 0 Å². The molecular formula is C30H30INO2. The van der Waals surface area contributed by atoms with Crippen LogP contribution in [-0.2, 0) is 19.7 Å². The van der Waals surface area contributed by atoms with Gasteiger partial charge in [0.25, 0.3) is 0 Å². The Hall–Kier alpha value is -2.67. The molecule has 0 spiro atoms. The average molecular weight is 563 g/mol. The van der Waals surface area contributed by atoms with E-state index < -0.39 is 6.10 Å². The average Bonchev–Trinajstić information content (AvgIpc) is 2.89. The Morgan fingerprint density at radius 2 is 1.24 bits per heavy atom. The van der Waals surface area contributed by atoms with E-state index in [1.807, 2.05) is 48.5 Å². The largest absolute Gasteiger partial charge is 0.488 e. The minimum absolute atomic E-state index is 0.0950. The van der Waals surface area contributed by atoms with E-state index in [1.54, 1.807) is 0 Å². The van der Waals surface area contributed by atoms with E-state index in [0.717, 1.165) is 33.5 Å². The first kappa shape index (κ1) is 24.5. The van der Waals surface area contributed by atoms with E-state index >= 15 is 0 Å². The normalized spacial score (nSPS) is 12.9. The van der Waals surface area contributed by atoms with Gasteiger partial charge in [0.05, 0.1) is 9.67 Å². The van der Waals surface area contributed by atoms with Crippen molar-refractivity contribution in [3.8, 4) is 5.75 Å². The van der Waals surface area contributed by atoms with Gasteiger partial charge < -0.3 is 9.84 Å². The summed E-state index contributed by atoms with van der Waals surface area (Å²) in [6, 6.07) is 36.9. The second kappa shape index (κ2) is 12.2. The molecule has 0 radical (unpaired) electrons. The number of rotatable bonds is 10. The van der Waals surface area contributed by atoms with E-state index in [0.29, 0.717) is 6.61 Å². The minimum atomic E-state index is -0.650. The summed E-state index contributed by atoms with van der Waals surface area (Å²) in [5.74, 6) is 0.797. The number of ether oxygens (including phenoxy) is 1. The van der Waals surface area contributed by atoms with Gasteiger partial charge in [-0.2, -0.15) is 0 Å². The van der Waals surface area contributed by atoms with Gasteiger partial charge >= 0.3 is 0 Å². The summed E-state index contributed by atoms with van der Waals surface area (Å²) in [7, 11) is 0. The van der Waals surface area contributed by atoms with Crippen molar-refractivity contribution >= 4 is 22.6 Å². The molecule has 174 valence electrons.